The van der Waals surface area contributed by atoms with Crippen LogP contribution in [0, 0.1) is 0 Å². The fourth-order valence-electron chi connectivity index (χ4n) is 0.859. The average Bonchev–Trinajstić information content (AvgIpc) is 2.15. The minimum absolute atomic E-state index is 0.0000535. The van der Waals surface area contributed by atoms with Crippen molar-refractivity contribution in [3.63, 3.8) is 0 Å². The molecule has 0 aromatic heterocycles. The Bertz CT molecular complexity index is 232. The highest BCUT2D eigenvalue weighted by Crippen LogP contribution is 1.88. The largest absolute Gasteiger partial charge is 0.359 e. The molecule has 0 saturated carbocycles. The highest BCUT2D eigenvalue weighted by molar-refractivity contribution is 7.80. The van der Waals surface area contributed by atoms with Crippen LogP contribution in [0.3, 0.4) is 0 Å². The van der Waals surface area contributed by atoms with Crippen LogP contribution >= 0.6 is 12.2 Å². The van der Waals surface area contributed by atoms with Gasteiger partial charge in [-0.1, -0.05) is 0 Å². The Labute approximate surface area is 96.2 Å². The molecule has 0 aromatic rings. The zero-order valence-corrected chi connectivity index (χ0v) is 10.4. The third-order valence-electron chi connectivity index (χ3n) is 2.13. The molecular formula is C9H20N4OS. The predicted molar refractivity (Wildman–Crippen MR) is 65.5 cm³/mol. The van der Waals surface area contributed by atoms with E-state index in [0.29, 0.717) is 5.11 Å². The number of nitrogens with one attached hydrogen (secondary N) is 3. The van der Waals surface area contributed by atoms with Gasteiger partial charge in [0.2, 0.25) is 5.91 Å². The van der Waals surface area contributed by atoms with E-state index >= 15 is 0 Å². The molecule has 0 spiro atoms. The first kappa shape index (κ1) is 14.1. The van der Waals surface area contributed by atoms with Gasteiger partial charge in [0, 0.05) is 19.1 Å². The van der Waals surface area contributed by atoms with Crippen LogP contribution in [0.2, 0.25) is 0 Å². The van der Waals surface area contributed by atoms with Gasteiger partial charge in [0.15, 0.2) is 5.11 Å². The van der Waals surface area contributed by atoms with Gasteiger partial charge >= 0.3 is 0 Å². The fraction of sp³-hybridized carbons (Fsp3) is 0.778. The van der Waals surface area contributed by atoms with E-state index in [1.165, 1.54) is 0 Å². The molecule has 5 N–H and O–H groups in total. The highest BCUT2D eigenvalue weighted by atomic mass is 32.1. The Balaban J connectivity index is 3.98. The van der Waals surface area contributed by atoms with Gasteiger partial charge in [-0.05, 0) is 33.0 Å². The summed E-state index contributed by atoms with van der Waals surface area (Å²) in [6.07, 6.45) is 0. The molecule has 3 unspecified atom stereocenters. The van der Waals surface area contributed by atoms with Crippen LogP contribution in [0.5, 0.6) is 0 Å². The Morgan fingerprint density at radius 2 is 1.80 bits per heavy atom. The number of nitrogens with two attached hydrogens (primary N) is 1. The third-order valence-corrected chi connectivity index (χ3v) is 2.37. The van der Waals surface area contributed by atoms with E-state index < -0.39 is 0 Å². The first-order valence-electron chi connectivity index (χ1n) is 4.92. The molecule has 0 heterocycles. The van der Waals surface area contributed by atoms with Crippen LogP contribution in [0.25, 0.3) is 0 Å². The van der Waals surface area contributed by atoms with Crippen molar-refractivity contribution in [3.8, 4) is 0 Å². The molecule has 0 aliphatic carbocycles. The third kappa shape index (κ3) is 5.54. The molecule has 88 valence electrons. The monoisotopic (exact) mass is 232 g/mol. The van der Waals surface area contributed by atoms with Gasteiger partial charge in [0.05, 0.1) is 0 Å². The second kappa shape index (κ2) is 6.58. The van der Waals surface area contributed by atoms with Crippen molar-refractivity contribution < 1.29 is 4.79 Å². The van der Waals surface area contributed by atoms with Crippen molar-refractivity contribution in [3.05, 3.63) is 0 Å². The molecule has 0 radical (unpaired) electrons. The number of thiocarbonyl (C=S) groups is 1. The summed E-state index contributed by atoms with van der Waals surface area (Å²) in [7, 11) is 1.58. The van der Waals surface area contributed by atoms with Crippen LogP contribution in [0.4, 0.5) is 0 Å². The average molecular weight is 232 g/mol. The minimum atomic E-state index is -0.352. The van der Waals surface area contributed by atoms with Crippen LogP contribution in [-0.2, 0) is 4.79 Å². The van der Waals surface area contributed by atoms with E-state index in [0.717, 1.165) is 0 Å². The second-order valence-corrected chi connectivity index (χ2v) is 4.01. The first-order chi connectivity index (χ1) is 6.88. The molecule has 0 aliphatic heterocycles. The second-order valence-electron chi connectivity index (χ2n) is 3.60. The number of hydrogen-bond donors (Lipinski definition) is 4. The summed E-state index contributed by atoms with van der Waals surface area (Å²) in [5.74, 6) is -0.104. The Morgan fingerprint density at radius 1 is 1.27 bits per heavy atom. The van der Waals surface area contributed by atoms with E-state index in [2.05, 4.69) is 16.0 Å². The summed E-state index contributed by atoms with van der Waals surface area (Å²) in [5, 5.41) is 8.85. The van der Waals surface area contributed by atoms with Gasteiger partial charge in [0.25, 0.3) is 0 Å². The Kier molecular flexibility index (Phi) is 6.19. The zero-order valence-electron chi connectivity index (χ0n) is 9.63. The summed E-state index contributed by atoms with van der Waals surface area (Å²) in [5.41, 5.74) is 5.67. The lowest BCUT2D eigenvalue weighted by molar-refractivity contribution is -0.121. The predicted octanol–water partition coefficient (Wildman–Crippen LogP) is -0.679. The van der Waals surface area contributed by atoms with E-state index in [9.17, 15) is 4.79 Å². The Morgan fingerprint density at radius 3 is 2.20 bits per heavy atom. The maximum Gasteiger partial charge on any atom is 0.242 e. The number of amides is 1. The van der Waals surface area contributed by atoms with E-state index in [1.54, 1.807) is 14.0 Å². The lowest BCUT2D eigenvalue weighted by Gasteiger charge is -2.21. The van der Waals surface area contributed by atoms with E-state index in [4.69, 9.17) is 18.0 Å². The summed E-state index contributed by atoms with van der Waals surface area (Å²) < 4.78 is 0. The smallest absolute Gasteiger partial charge is 0.242 e. The van der Waals surface area contributed by atoms with Crippen molar-refractivity contribution in [2.75, 3.05) is 7.05 Å². The van der Waals surface area contributed by atoms with E-state index in [-0.39, 0.29) is 24.0 Å². The summed E-state index contributed by atoms with van der Waals surface area (Å²) in [4.78, 5) is 11.2. The van der Waals surface area contributed by atoms with Crippen LogP contribution < -0.4 is 21.7 Å². The van der Waals surface area contributed by atoms with Crippen molar-refractivity contribution in [2.45, 2.75) is 38.9 Å². The van der Waals surface area contributed by atoms with Gasteiger partial charge in [-0.2, -0.15) is 0 Å². The molecular weight excluding hydrogens is 212 g/mol. The number of hydrogen-bond acceptors (Lipinski definition) is 3. The van der Waals surface area contributed by atoms with Crippen LogP contribution in [0.1, 0.15) is 20.8 Å². The van der Waals surface area contributed by atoms with E-state index in [1.807, 2.05) is 13.8 Å². The van der Waals surface area contributed by atoms with Gasteiger partial charge < -0.3 is 21.7 Å². The normalized spacial score (nSPS) is 16.1. The molecule has 0 fully saturated rings. The molecule has 15 heavy (non-hydrogen) atoms. The summed E-state index contributed by atoms with van der Waals surface area (Å²) in [6, 6.07) is -0.280. The molecule has 0 aromatic carbocycles. The van der Waals surface area contributed by atoms with Gasteiger partial charge in [-0.3, -0.25) is 4.79 Å². The zero-order chi connectivity index (χ0) is 12.0. The molecule has 0 aliphatic rings. The van der Waals surface area contributed by atoms with Gasteiger partial charge in [-0.15, -0.1) is 0 Å². The van der Waals surface area contributed by atoms with Gasteiger partial charge in [0.1, 0.15) is 6.04 Å². The fourth-order valence-corrected chi connectivity index (χ4v) is 1.22. The summed E-state index contributed by atoms with van der Waals surface area (Å²) in [6.45, 7) is 5.56. The van der Waals surface area contributed by atoms with Crippen molar-refractivity contribution in [1.82, 2.24) is 16.0 Å². The number of carbonyl (C=O) groups excluding carboxylic acids is 1. The van der Waals surface area contributed by atoms with Crippen LogP contribution in [0.15, 0.2) is 0 Å². The molecule has 1 amide bonds. The lowest BCUT2D eigenvalue weighted by atomic mass is 10.2. The maximum absolute atomic E-state index is 11.2. The van der Waals surface area contributed by atoms with Crippen molar-refractivity contribution in [2.24, 2.45) is 5.73 Å². The highest BCUT2D eigenvalue weighted by Gasteiger charge is 2.13. The minimum Gasteiger partial charge on any atom is -0.359 e. The van der Waals surface area contributed by atoms with Crippen LogP contribution in [-0.4, -0.2) is 36.2 Å². The quantitative estimate of drug-likeness (QED) is 0.483. The molecule has 0 bridgehead atoms. The Hall–Kier alpha value is -0.880. The van der Waals surface area contributed by atoms with Crippen molar-refractivity contribution in [1.29, 1.82) is 0 Å². The molecule has 0 rings (SSSR count). The molecule has 6 heteroatoms. The maximum atomic E-state index is 11.2. The SMILES string of the molecule is CNC(=O)C(C)NC(=S)NC(C)C(C)N. The summed E-state index contributed by atoms with van der Waals surface area (Å²) >= 11 is 5.04. The molecule has 3 atom stereocenters. The molecule has 0 saturated heterocycles. The number of carbonyl (C=O) groups is 1. The topological polar surface area (TPSA) is 79.2 Å². The molecule has 5 nitrogen and oxygen atoms in total. The van der Waals surface area contributed by atoms with Crippen molar-refractivity contribution >= 4 is 23.2 Å². The number of rotatable bonds is 4. The standard InChI is InChI=1S/C9H20N4OS/c1-5(10)6(2)12-9(15)13-7(3)8(14)11-4/h5-7H,10H2,1-4H3,(H,11,14)(H2,12,13,15). The first-order valence-corrected chi connectivity index (χ1v) is 5.33. The lowest BCUT2D eigenvalue weighted by Crippen LogP contribution is -2.52. The number of likely N-dealkylation sites (N-methyl/N-ethyl adjacent to an activating group) is 1. The van der Waals surface area contributed by atoms with Gasteiger partial charge in [-0.25, -0.2) is 0 Å².